The maximum absolute atomic E-state index is 12.4. The van der Waals surface area contributed by atoms with Crippen LogP contribution in [-0.4, -0.2) is 24.5 Å². The first-order valence-electron chi connectivity index (χ1n) is 7.68. The van der Waals surface area contributed by atoms with Gasteiger partial charge >= 0.3 is 0 Å². The number of nitrogens with one attached hydrogen (secondary N) is 1. The van der Waals surface area contributed by atoms with Gasteiger partial charge in [0.15, 0.2) is 5.75 Å². The van der Waals surface area contributed by atoms with E-state index in [-0.39, 0.29) is 28.0 Å². The summed E-state index contributed by atoms with van der Waals surface area (Å²) in [5, 5.41) is 14.4. The van der Waals surface area contributed by atoms with Gasteiger partial charge in [-0.1, -0.05) is 48.7 Å². The molecule has 1 amide bonds. The van der Waals surface area contributed by atoms with Gasteiger partial charge in [0.2, 0.25) is 0 Å². The molecule has 7 heteroatoms. The van der Waals surface area contributed by atoms with Crippen LogP contribution in [0.3, 0.4) is 0 Å². The average Bonchev–Trinajstić information content (AvgIpc) is 2.54. The molecular formula is C17H18Cl2NO4-. The molecule has 1 N–H and O–H groups in total. The van der Waals surface area contributed by atoms with Crippen molar-refractivity contribution in [1.82, 2.24) is 5.32 Å². The monoisotopic (exact) mass is 370 g/mol. The van der Waals surface area contributed by atoms with Crippen LogP contribution in [0.2, 0.25) is 10.0 Å². The van der Waals surface area contributed by atoms with Gasteiger partial charge < -0.3 is 20.0 Å². The normalized spacial score (nSPS) is 20.2. The van der Waals surface area contributed by atoms with E-state index < -0.39 is 23.8 Å². The largest absolute Gasteiger partial charge is 0.550 e. The summed E-state index contributed by atoms with van der Waals surface area (Å²) in [6.07, 6.45) is 4.34. The fourth-order valence-corrected chi connectivity index (χ4v) is 3.40. The van der Waals surface area contributed by atoms with E-state index in [0.717, 1.165) is 12.8 Å². The van der Waals surface area contributed by atoms with Crippen LogP contribution in [0.1, 0.15) is 36.0 Å². The minimum atomic E-state index is -1.13. The smallest absolute Gasteiger partial charge is 0.251 e. The molecule has 0 heterocycles. The van der Waals surface area contributed by atoms with Crippen molar-refractivity contribution in [2.75, 3.05) is 6.61 Å². The first-order valence-corrected chi connectivity index (χ1v) is 8.44. The van der Waals surface area contributed by atoms with E-state index in [1.807, 2.05) is 0 Å². The van der Waals surface area contributed by atoms with Crippen LogP contribution < -0.4 is 15.2 Å². The van der Waals surface area contributed by atoms with Crippen molar-refractivity contribution in [3.8, 4) is 5.75 Å². The molecule has 2 atom stereocenters. The molecule has 0 radical (unpaired) electrons. The standard InChI is InChI=1S/C17H19Cl2NO4/c1-2-7-24-15-12(18)8-10(9-13(15)19)16(21)20-14-6-4-3-5-11(14)17(22)23/h2,8-9,11,14H,1,3-7H2,(H,20,21)(H,22,23)/p-1/t11-,14-/m0/s1. The van der Waals surface area contributed by atoms with Crippen molar-refractivity contribution in [2.24, 2.45) is 5.92 Å². The quantitative estimate of drug-likeness (QED) is 0.780. The van der Waals surface area contributed by atoms with E-state index >= 15 is 0 Å². The highest BCUT2D eigenvalue weighted by Crippen LogP contribution is 2.34. The SMILES string of the molecule is C=CCOc1c(Cl)cc(C(=O)N[C@H]2CCCC[C@@H]2C(=O)[O-])cc1Cl. The van der Waals surface area contributed by atoms with Crippen LogP contribution in [0.5, 0.6) is 5.75 Å². The lowest BCUT2D eigenvalue weighted by atomic mass is 9.84. The van der Waals surface area contributed by atoms with E-state index in [1.165, 1.54) is 12.1 Å². The Morgan fingerprint density at radius 3 is 2.50 bits per heavy atom. The summed E-state index contributed by atoms with van der Waals surface area (Å²) >= 11 is 12.2. The highest BCUT2D eigenvalue weighted by molar-refractivity contribution is 6.37. The molecule has 0 aliphatic heterocycles. The number of carboxylic acids is 1. The fraction of sp³-hybridized carbons (Fsp3) is 0.412. The fourth-order valence-electron chi connectivity index (χ4n) is 2.81. The van der Waals surface area contributed by atoms with Gasteiger partial charge in [-0.25, -0.2) is 0 Å². The molecule has 1 aliphatic carbocycles. The lowest BCUT2D eigenvalue weighted by molar-refractivity contribution is -0.313. The molecule has 1 aromatic rings. The number of ether oxygens (including phenoxy) is 1. The molecule has 24 heavy (non-hydrogen) atoms. The first-order chi connectivity index (χ1) is 11.4. The Hall–Kier alpha value is -1.72. The van der Waals surface area contributed by atoms with Gasteiger partial charge in [0.05, 0.1) is 10.0 Å². The van der Waals surface area contributed by atoms with E-state index in [9.17, 15) is 14.7 Å². The number of hydrogen-bond donors (Lipinski definition) is 1. The van der Waals surface area contributed by atoms with Gasteiger partial charge in [-0.05, 0) is 25.0 Å². The van der Waals surface area contributed by atoms with Crippen LogP contribution >= 0.6 is 23.2 Å². The first kappa shape index (κ1) is 18.6. The number of amides is 1. The molecular weight excluding hydrogens is 353 g/mol. The molecule has 2 rings (SSSR count). The zero-order chi connectivity index (χ0) is 17.7. The van der Waals surface area contributed by atoms with Gasteiger partial charge in [0.25, 0.3) is 5.91 Å². The highest BCUT2D eigenvalue weighted by Gasteiger charge is 2.28. The molecule has 1 fully saturated rings. The summed E-state index contributed by atoms with van der Waals surface area (Å²) < 4.78 is 5.35. The van der Waals surface area contributed by atoms with Crippen molar-refractivity contribution in [1.29, 1.82) is 0 Å². The summed E-state index contributed by atoms with van der Waals surface area (Å²) in [6.45, 7) is 3.78. The molecule has 5 nitrogen and oxygen atoms in total. The Balaban J connectivity index is 2.14. The third kappa shape index (κ3) is 4.42. The highest BCUT2D eigenvalue weighted by atomic mass is 35.5. The third-order valence-corrected chi connectivity index (χ3v) is 4.55. The van der Waals surface area contributed by atoms with Crippen molar-refractivity contribution >= 4 is 35.1 Å². The van der Waals surface area contributed by atoms with E-state index in [1.54, 1.807) is 6.08 Å². The Labute approximate surface area is 150 Å². The molecule has 0 unspecified atom stereocenters. The van der Waals surface area contributed by atoms with Crippen LogP contribution in [0.4, 0.5) is 0 Å². The molecule has 0 spiro atoms. The number of carbonyl (C=O) groups is 2. The predicted octanol–water partition coefficient (Wildman–Crippen LogP) is 2.60. The Morgan fingerprint density at radius 2 is 1.92 bits per heavy atom. The van der Waals surface area contributed by atoms with Crippen molar-refractivity contribution < 1.29 is 19.4 Å². The Kier molecular flexibility index (Phi) is 6.52. The summed E-state index contributed by atoms with van der Waals surface area (Å²) in [5.41, 5.74) is 0.249. The molecule has 0 aromatic heterocycles. The number of halogens is 2. The maximum atomic E-state index is 12.4. The van der Waals surface area contributed by atoms with Crippen molar-refractivity contribution in [3.05, 3.63) is 40.4 Å². The van der Waals surface area contributed by atoms with Gasteiger partial charge in [-0.15, -0.1) is 0 Å². The van der Waals surface area contributed by atoms with Gasteiger partial charge in [-0.3, -0.25) is 4.79 Å². The topological polar surface area (TPSA) is 78.5 Å². The summed E-state index contributed by atoms with van der Waals surface area (Å²) in [7, 11) is 0. The second-order valence-corrected chi connectivity index (χ2v) is 6.47. The second-order valence-electron chi connectivity index (χ2n) is 5.66. The van der Waals surface area contributed by atoms with Gasteiger partial charge in [0.1, 0.15) is 6.61 Å². The van der Waals surface area contributed by atoms with E-state index in [2.05, 4.69) is 11.9 Å². The number of carboxylic acid groups (broad SMARTS) is 1. The average molecular weight is 371 g/mol. The molecule has 130 valence electrons. The molecule has 0 saturated heterocycles. The van der Waals surface area contributed by atoms with E-state index in [4.69, 9.17) is 27.9 Å². The molecule has 0 bridgehead atoms. The number of rotatable bonds is 6. The van der Waals surface area contributed by atoms with Crippen molar-refractivity contribution in [2.45, 2.75) is 31.7 Å². The maximum Gasteiger partial charge on any atom is 0.251 e. The number of carbonyl (C=O) groups excluding carboxylic acids is 2. The van der Waals surface area contributed by atoms with Crippen molar-refractivity contribution in [3.63, 3.8) is 0 Å². The van der Waals surface area contributed by atoms with Gasteiger partial charge in [0, 0.05) is 23.5 Å². The second kappa shape index (κ2) is 8.40. The van der Waals surface area contributed by atoms with E-state index in [0.29, 0.717) is 12.8 Å². The lowest BCUT2D eigenvalue weighted by Crippen LogP contribution is -2.49. The van der Waals surface area contributed by atoms with Gasteiger partial charge in [-0.2, -0.15) is 0 Å². The number of hydrogen-bond acceptors (Lipinski definition) is 4. The number of benzene rings is 1. The Bertz CT molecular complexity index is 624. The predicted molar refractivity (Wildman–Crippen MR) is 90.4 cm³/mol. The molecule has 1 aromatic carbocycles. The lowest BCUT2D eigenvalue weighted by Gasteiger charge is -2.32. The number of aliphatic carboxylic acids is 1. The molecule has 1 saturated carbocycles. The molecule has 1 aliphatic rings. The van der Waals surface area contributed by atoms with Crippen LogP contribution in [0.15, 0.2) is 24.8 Å². The minimum Gasteiger partial charge on any atom is -0.550 e. The van der Waals surface area contributed by atoms with Crippen LogP contribution in [0, 0.1) is 5.92 Å². The minimum absolute atomic E-state index is 0.203. The Morgan fingerprint density at radius 1 is 1.29 bits per heavy atom. The summed E-state index contributed by atoms with van der Waals surface area (Å²) in [4.78, 5) is 23.6. The summed E-state index contributed by atoms with van der Waals surface area (Å²) in [5.74, 6) is -1.96. The van der Waals surface area contributed by atoms with Crippen LogP contribution in [-0.2, 0) is 4.79 Å². The zero-order valence-corrected chi connectivity index (χ0v) is 14.5. The van der Waals surface area contributed by atoms with Crippen LogP contribution in [0.25, 0.3) is 0 Å². The zero-order valence-electron chi connectivity index (χ0n) is 13.0. The summed E-state index contributed by atoms with van der Waals surface area (Å²) in [6, 6.07) is 2.43. The third-order valence-electron chi connectivity index (χ3n) is 3.99.